The van der Waals surface area contributed by atoms with E-state index in [1.165, 1.54) is 12.7 Å². The minimum atomic E-state index is -1.11. The number of likely N-dealkylation sites (N-methyl/N-ethyl adjacent to an activating group) is 1. The van der Waals surface area contributed by atoms with Gasteiger partial charge in [-0.15, -0.1) is 0 Å². The third kappa shape index (κ3) is 3.48. The van der Waals surface area contributed by atoms with Crippen LogP contribution in [0.25, 0.3) is 11.2 Å². The van der Waals surface area contributed by atoms with Gasteiger partial charge < -0.3 is 31.3 Å². The number of ether oxygens (including phenoxy) is 1. The number of aliphatic hydroxyl groups is 2. The quantitative estimate of drug-likeness (QED) is 0.456. The molecule has 0 radical (unpaired) electrons. The van der Waals surface area contributed by atoms with Crippen molar-refractivity contribution in [3.05, 3.63) is 24.8 Å². The van der Waals surface area contributed by atoms with Gasteiger partial charge in [0.2, 0.25) is 0 Å². The Bertz CT molecular complexity index is 750. The SMILES string of the molecule is CN(C/C=C\CN)C[C@H]1O[C@@H](n2cnc3c(N)ncnc32)[C@@H](O)C1O. The maximum absolute atomic E-state index is 10.4. The van der Waals surface area contributed by atoms with Gasteiger partial charge in [-0.2, -0.15) is 0 Å². The lowest BCUT2D eigenvalue weighted by molar-refractivity contribution is -0.0414. The second-order valence-corrected chi connectivity index (χ2v) is 6.06. The van der Waals surface area contributed by atoms with Crippen molar-refractivity contribution in [1.82, 2.24) is 24.4 Å². The molecule has 0 amide bonds. The summed E-state index contributed by atoms with van der Waals surface area (Å²) in [5, 5.41) is 20.8. The summed E-state index contributed by atoms with van der Waals surface area (Å²) in [6.07, 6.45) is 3.13. The lowest BCUT2D eigenvalue weighted by Crippen LogP contribution is -2.38. The number of nitrogens with two attached hydrogens (primary N) is 2. The molecule has 1 aliphatic rings. The van der Waals surface area contributed by atoms with E-state index in [1.54, 1.807) is 4.57 Å². The van der Waals surface area contributed by atoms with Crippen molar-refractivity contribution in [3.63, 3.8) is 0 Å². The van der Waals surface area contributed by atoms with Crippen LogP contribution < -0.4 is 11.5 Å². The molecule has 136 valence electrons. The predicted octanol–water partition coefficient (Wildman–Crippen LogP) is -1.53. The second kappa shape index (κ2) is 7.42. The molecule has 0 aromatic carbocycles. The van der Waals surface area contributed by atoms with Crippen LogP contribution in [0.1, 0.15) is 6.23 Å². The van der Waals surface area contributed by atoms with Gasteiger partial charge in [0.05, 0.1) is 6.33 Å². The summed E-state index contributed by atoms with van der Waals surface area (Å²) < 4.78 is 7.45. The third-order valence-corrected chi connectivity index (χ3v) is 4.21. The maximum Gasteiger partial charge on any atom is 0.167 e. The van der Waals surface area contributed by atoms with Crippen LogP contribution in [0.3, 0.4) is 0 Å². The minimum Gasteiger partial charge on any atom is -0.387 e. The summed E-state index contributed by atoms with van der Waals surface area (Å²) >= 11 is 0. The molecular formula is C15H23N7O3. The molecule has 1 unspecified atom stereocenters. The fourth-order valence-corrected chi connectivity index (χ4v) is 2.90. The van der Waals surface area contributed by atoms with E-state index in [9.17, 15) is 10.2 Å². The molecule has 0 saturated carbocycles. The fraction of sp³-hybridized carbons (Fsp3) is 0.533. The highest BCUT2D eigenvalue weighted by Gasteiger charge is 2.44. The molecule has 0 aliphatic carbocycles. The Balaban J connectivity index is 1.75. The van der Waals surface area contributed by atoms with Gasteiger partial charge in [-0.1, -0.05) is 12.2 Å². The third-order valence-electron chi connectivity index (χ3n) is 4.21. The Morgan fingerprint density at radius 3 is 2.84 bits per heavy atom. The highest BCUT2D eigenvalue weighted by Crippen LogP contribution is 2.32. The van der Waals surface area contributed by atoms with Gasteiger partial charge in [-0.05, 0) is 7.05 Å². The molecule has 10 heteroatoms. The first-order valence-corrected chi connectivity index (χ1v) is 8.01. The van der Waals surface area contributed by atoms with Crippen molar-refractivity contribution >= 4 is 17.0 Å². The van der Waals surface area contributed by atoms with Crippen LogP contribution in [0.2, 0.25) is 0 Å². The van der Waals surface area contributed by atoms with E-state index in [2.05, 4.69) is 15.0 Å². The average Bonchev–Trinajstić information content (AvgIpc) is 3.13. The molecule has 0 bridgehead atoms. The lowest BCUT2D eigenvalue weighted by atomic mass is 10.1. The Kier molecular flexibility index (Phi) is 5.25. The van der Waals surface area contributed by atoms with Crippen molar-refractivity contribution in [2.45, 2.75) is 24.5 Å². The van der Waals surface area contributed by atoms with Crippen molar-refractivity contribution in [2.24, 2.45) is 5.73 Å². The zero-order chi connectivity index (χ0) is 18.0. The van der Waals surface area contributed by atoms with Gasteiger partial charge >= 0.3 is 0 Å². The molecule has 0 spiro atoms. The zero-order valence-electron chi connectivity index (χ0n) is 13.9. The molecule has 10 nitrogen and oxygen atoms in total. The van der Waals surface area contributed by atoms with Crippen molar-refractivity contribution < 1.29 is 14.9 Å². The highest BCUT2D eigenvalue weighted by atomic mass is 16.6. The van der Waals surface area contributed by atoms with Crippen molar-refractivity contribution in [1.29, 1.82) is 0 Å². The maximum atomic E-state index is 10.4. The summed E-state index contributed by atoms with van der Waals surface area (Å²) in [5.74, 6) is 0.250. The molecule has 1 saturated heterocycles. The van der Waals surface area contributed by atoms with E-state index in [0.717, 1.165) is 0 Å². The Morgan fingerprint density at radius 2 is 2.08 bits per heavy atom. The van der Waals surface area contributed by atoms with Gasteiger partial charge in [0.15, 0.2) is 17.7 Å². The number of imidazole rings is 1. The first-order chi connectivity index (χ1) is 12.0. The van der Waals surface area contributed by atoms with Gasteiger partial charge in [-0.3, -0.25) is 4.57 Å². The number of aliphatic hydroxyl groups excluding tert-OH is 2. The molecule has 2 aromatic heterocycles. The van der Waals surface area contributed by atoms with Gasteiger partial charge in [-0.25, -0.2) is 15.0 Å². The van der Waals surface area contributed by atoms with E-state index < -0.39 is 24.5 Å². The molecule has 1 aliphatic heterocycles. The molecule has 2 aromatic rings. The standard InChI is InChI=1S/C15H23N7O3/c1-21(5-3-2-4-16)6-9-11(23)12(24)15(25-9)22-8-20-10-13(17)18-7-19-14(10)22/h2-3,7-9,11-12,15,23-24H,4-6,16H2,1H3,(H2,17,18,19)/b3-2-/t9-,11?,12+,15-/m1/s1. The number of nitrogens with zero attached hydrogens (tertiary/aromatic N) is 5. The van der Waals surface area contributed by atoms with Crippen LogP contribution in [-0.4, -0.2) is 79.6 Å². The van der Waals surface area contributed by atoms with Crippen LogP contribution in [-0.2, 0) is 4.74 Å². The van der Waals surface area contributed by atoms with Crippen LogP contribution in [0, 0.1) is 0 Å². The number of fused-ring (bicyclic) bond motifs is 1. The summed E-state index contributed by atoms with van der Waals surface area (Å²) in [6.45, 7) is 1.60. The number of hydrogen-bond acceptors (Lipinski definition) is 9. The van der Waals surface area contributed by atoms with E-state index in [0.29, 0.717) is 30.8 Å². The number of hydrogen-bond donors (Lipinski definition) is 4. The highest BCUT2D eigenvalue weighted by molar-refractivity contribution is 5.81. The van der Waals surface area contributed by atoms with Crippen LogP contribution in [0.15, 0.2) is 24.8 Å². The first kappa shape index (κ1) is 17.7. The normalized spacial score (nSPS) is 27.1. The van der Waals surface area contributed by atoms with Crippen LogP contribution in [0.5, 0.6) is 0 Å². The predicted molar refractivity (Wildman–Crippen MR) is 91.4 cm³/mol. The largest absolute Gasteiger partial charge is 0.387 e. The number of anilines is 1. The van der Waals surface area contributed by atoms with E-state index in [1.807, 2.05) is 24.1 Å². The molecule has 25 heavy (non-hydrogen) atoms. The molecule has 3 heterocycles. The van der Waals surface area contributed by atoms with Gasteiger partial charge in [0.1, 0.15) is 30.2 Å². The summed E-state index contributed by atoms with van der Waals surface area (Å²) in [4.78, 5) is 14.2. The Labute approximate surface area is 144 Å². The summed E-state index contributed by atoms with van der Waals surface area (Å²) in [7, 11) is 1.90. The van der Waals surface area contributed by atoms with E-state index in [4.69, 9.17) is 16.2 Å². The fourth-order valence-electron chi connectivity index (χ4n) is 2.90. The van der Waals surface area contributed by atoms with E-state index in [-0.39, 0.29) is 5.82 Å². The number of rotatable bonds is 6. The minimum absolute atomic E-state index is 0.250. The van der Waals surface area contributed by atoms with Crippen molar-refractivity contribution in [2.75, 3.05) is 32.4 Å². The Hall–Kier alpha value is -2.11. The first-order valence-electron chi connectivity index (χ1n) is 8.01. The second-order valence-electron chi connectivity index (χ2n) is 6.06. The molecule has 1 fully saturated rings. The summed E-state index contributed by atoms with van der Waals surface area (Å²) in [6, 6.07) is 0. The lowest BCUT2D eigenvalue weighted by Gasteiger charge is -2.21. The monoisotopic (exact) mass is 349 g/mol. The molecular weight excluding hydrogens is 326 g/mol. The van der Waals surface area contributed by atoms with Gasteiger partial charge in [0.25, 0.3) is 0 Å². The Morgan fingerprint density at radius 1 is 1.28 bits per heavy atom. The zero-order valence-corrected chi connectivity index (χ0v) is 13.9. The molecule has 4 atom stereocenters. The summed E-state index contributed by atoms with van der Waals surface area (Å²) in [5.41, 5.74) is 12.1. The molecule has 3 rings (SSSR count). The van der Waals surface area contributed by atoms with Crippen LogP contribution >= 0.6 is 0 Å². The number of aromatic nitrogens is 4. The molecule has 6 N–H and O–H groups in total. The van der Waals surface area contributed by atoms with Gasteiger partial charge in [0, 0.05) is 19.6 Å². The van der Waals surface area contributed by atoms with Crippen LogP contribution in [0.4, 0.5) is 5.82 Å². The van der Waals surface area contributed by atoms with Crippen molar-refractivity contribution in [3.8, 4) is 0 Å². The average molecular weight is 349 g/mol. The number of nitrogen functional groups attached to an aromatic ring is 1. The smallest absolute Gasteiger partial charge is 0.167 e. The van der Waals surface area contributed by atoms with E-state index >= 15 is 0 Å². The topological polar surface area (TPSA) is 149 Å².